The summed E-state index contributed by atoms with van der Waals surface area (Å²) in [5, 5.41) is 0. The smallest absolute Gasteiger partial charge is 0.256 e. The van der Waals surface area contributed by atoms with Crippen molar-refractivity contribution in [1.29, 1.82) is 0 Å². The number of methoxy groups -OCH3 is 1. The molecule has 1 fully saturated rings. The summed E-state index contributed by atoms with van der Waals surface area (Å²) in [6.07, 6.45) is 2.48. The second-order valence-corrected chi connectivity index (χ2v) is 5.09. The van der Waals surface area contributed by atoms with Gasteiger partial charge >= 0.3 is 0 Å². The van der Waals surface area contributed by atoms with E-state index in [9.17, 15) is 9.18 Å². The Bertz CT molecular complexity index is 474. The molecule has 0 radical (unpaired) electrons. The average Bonchev–Trinajstić information content (AvgIpc) is 3.26. The normalized spacial score (nSPS) is 14.2. The molecule has 1 aliphatic carbocycles. The summed E-state index contributed by atoms with van der Waals surface area (Å²) in [6, 6.07) is 4.23. The molecule has 1 amide bonds. The van der Waals surface area contributed by atoms with Gasteiger partial charge in [-0.2, -0.15) is 0 Å². The molecule has 5 heteroatoms. The van der Waals surface area contributed by atoms with Crippen molar-refractivity contribution in [3.63, 3.8) is 0 Å². The molecule has 0 bridgehead atoms. The lowest BCUT2D eigenvalue weighted by Crippen LogP contribution is -2.31. The van der Waals surface area contributed by atoms with Gasteiger partial charge in [0.1, 0.15) is 11.6 Å². The zero-order valence-electron chi connectivity index (χ0n) is 11.9. The van der Waals surface area contributed by atoms with E-state index in [1.54, 1.807) is 13.1 Å². The number of hydrogen-bond acceptors (Lipinski definition) is 3. The first-order chi connectivity index (χ1) is 9.61. The molecule has 0 saturated heterocycles. The van der Waals surface area contributed by atoms with Gasteiger partial charge in [-0.25, -0.2) is 4.39 Å². The Balaban J connectivity index is 1.85. The van der Waals surface area contributed by atoms with E-state index in [1.807, 2.05) is 0 Å². The molecule has 1 aliphatic rings. The highest BCUT2D eigenvalue weighted by Crippen LogP contribution is 2.28. The number of nitrogens with zero attached hydrogens (tertiary/aromatic N) is 1. The number of benzene rings is 1. The van der Waals surface area contributed by atoms with Gasteiger partial charge in [0.25, 0.3) is 5.91 Å². The first-order valence-corrected chi connectivity index (χ1v) is 6.78. The van der Waals surface area contributed by atoms with Gasteiger partial charge in [-0.3, -0.25) is 4.79 Å². The van der Waals surface area contributed by atoms with Crippen LogP contribution in [0.4, 0.5) is 4.39 Å². The molecular weight excluding hydrogens is 261 g/mol. The molecule has 1 saturated carbocycles. The summed E-state index contributed by atoms with van der Waals surface area (Å²) in [5.74, 6) is 0.185. The third kappa shape index (κ3) is 3.93. The third-order valence-corrected chi connectivity index (χ3v) is 3.37. The molecule has 0 N–H and O–H groups in total. The van der Waals surface area contributed by atoms with Crippen molar-refractivity contribution in [2.45, 2.75) is 12.8 Å². The van der Waals surface area contributed by atoms with Crippen LogP contribution in [0.3, 0.4) is 0 Å². The maximum atomic E-state index is 13.8. The standard InChI is InChI=1S/C15H20FNO3/c1-17(7-8-20-10-11-3-4-11)15(18)13-6-5-12(19-2)9-14(13)16/h5-6,9,11H,3-4,7-8,10H2,1-2H3. The molecule has 0 spiro atoms. The van der Waals surface area contributed by atoms with Crippen LogP contribution in [0.25, 0.3) is 0 Å². The maximum Gasteiger partial charge on any atom is 0.256 e. The Morgan fingerprint density at radius 2 is 2.20 bits per heavy atom. The highest BCUT2D eigenvalue weighted by atomic mass is 19.1. The predicted octanol–water partition coefficient (Wildman–Crippen LogP) is 2.33. The Kier molecular flexibility index (Phi) is 4.95. The number of likely N-dealkylation sites (N-methyl/N-ethyl adjacent to an activating group) is 1. The van der Waals surface area contributed by atoms with Crippen molar-refractivity contribution in [3.8, 4) is 5.75 Å². The number of ether oxygens (including phenoxy) is 2. The number of carbonyl (C=O) groups excluding carboxylic acids is 1. The first-order valence-electron chi connectivity index (χ1n) is 6.78. The fourth-order valence-corrected chi connectivity index (χ4v) is 1.84. The summed E-state index contributed by atoms with van der Waals surface area (Å²) in [5.41, 5.74) is 0.0514. The lowest BCUT2D eigenvalue weighted by atomic mass is 10.2. The SMILES string of the molecule is COc1ccc(C(=O)N(C)CCOCC2CC2)c(F)c1. The first kappa shape index (κ1) is 14.8. The van der Waals surface area contributed by atoms with Crippen LogP contribution in [0, 0.1) is 11.7 Å². The Hall–Kier alpha value is -1.62. The van der Waals surface area contributed by atoms with Crippen LogP contribution in [0.2, 0.25) is 0 Å². The fourth-order valence-electron chi connectivity index (χ4n) is 1.84. The van der Waals surface area contributed by atoms with E-state index in [0.29, 0.717) is 24.8 Å². The molecule has 0 heterocycles. The van der Waals surface area contributed by atoms with E-state index in [4.69, 9.17) is 9.47 Å². The van der Waals surface area contributed by atoms with Crippen molar-refractivity contribution in [1.82, 2.24) is 4.90 Å². The number of carbonyl (C=O) groups is 1. The van der Waals surface area contributed by atoms with E-state index >= 15 is 0 Å². The zero-order valence-corrected chi connectivity index (χ0v) is 11.9. The number of rotatable bonds is 7. The molecule has 0 atom stereocenters. The van der Waals surface area contributed by atoms with Crippen molar-refractivity contribution >= 4 is 5.91 Å². The quantitative estimate of drug-likeness (QED) is 0.720. The van der Waals surface area contributed by atoms with Gasteiger partial charge in [0.2, 0.25) is 0 Å². The minimum Gasteiger partial charge on any atom is -0.497 e. The third-order valence-electron chi connectivity index (χ3n) is 3.37. The fraction of sp³-hybridized carbons (Fsp3) is 0.533. The Labute approximate surface area is 118 Å². The molecule has 1 aromatic carbocycles. The number of halogens is 1. The summed E-state index contributed by atoms with van der Waals surface area (Å²) in [7, 11) is 3.10. The van der Waals surface area contributed by atoms with E-state index in [-0.39, 0.29) is 11.5 Å². The number of hydrogen-bond donors (Lipinski definition) is 0. The van der Waals surface area contributed by atoms with E-state index in [1.165, 1.54) is 37.0 Å². The van der Waals surface area contributed by atoms with Crippen LogP contribution in [-0.4, -0.2) is 44.7 Å². The average molecular weight is 281 g/mol. The lowest BCUT2D eigenvalue weighted by Gasteiger charge is -2.17. The molecule has 20 heavy (non-hydrogen) atoms. The van der Waals surface area contributed by atoms with Crippen LogP contribution in [0.5, 0.6) is 5.75 Å². The Morgan fingerprint density at radius 3 is 2.80 bits per heavy atom. The minimum absolute atomic E-state index is 0.0514. The molecule has 0 unspecified atom stereocenters. The molecule has 4 nitrogen and oxygen atoms in total. The van der Waals surface area contributed by atoms with Gasteiger partial charge in [0.05, 0.1) is 19.3 Å². The molecular formula is C15H20FNO3. The maximum absolute atomic E-state index is 13.8. The summed E-state index contributed by atoms with van der Waals surface area (Å²) < 4.78 is 24.2. The lowest BCUT2D eigenvalue weighted by molar-refractivity contribution is 0.0677. The monoisotopic (exact) mass is 281 g/mol. The van der Waals surface area contributed by atoms with E-state index in [0.717, 1.165) is 6.61 Å². The van der Waals surface area contributed by atoms with Gasteiger partial charge in [-0.15, -0.1) is 0 Å². The summed E-state index contributed by atoms with van der Waals surface area (Å²) in [6.45, 7) is 1.70. The molecule has 0 aliphatic heterocycles. The van der Waals surface area contributed by atoms with Gasteiger partial charge in [0, 0.05) is 26.3 Å². The topological polar surface area (TPSA) is 38.8 Å². The Morgan fingerprint density at radius 1 is 1.45 bits per heavy atom. The van der Waals surface area contributed by atoms with Crippen molar-refractivity contribution in [2.24, 2.45) is 5.92 Å². The van der Waals surface area contributed by atoms with Crippen LogP contribution < -0.4 is 4.74 Å². The van der Waals surface area contributed by atoms with Gasteiger partial charge in [0.15, 0.2) is 0 Å². The van der Waals surface area contributed by atoms with Crippen LogP contribution >= 0.6 is 0 Å². The highest BCUT2D eigenvalue weighted by Gasteiger charge is 2.21. The molecule has 1 aromatic rings. The second kappa shape index (κ2) is 6.70. The second-order valence-electron chi connectivity index (χ2n) is 5.09. The highest BCUT2D eigenvalue weighted by molar-refractivity contribution is 5.94. The minimum atomic E-state index is -0.569. The van der Waals surface area contributed by atoms with Crippen LogP contribution in [-0.2, 0) is 4.74 Å². The summed E-state index contributed by atoms with van der Waals surface area (Å²) >= 11 is 0. The van der Waals surface area contributed by atoms with Gasteiger partial charge in [-0.1, -0.05) is 0 Å². The van der Waals surface area contributed by atoms with Crippen molar-refractivity contribution in [2.75, 3.05) is 33.9 Å². The zero-order chi connectivity index (χ0) is 14.5. The van der Waals surface area contributed by atoms with Gasteiger partial charge in [-0.05, 0) is 30.9 Å². The van der Waals surface area contributed by atoms with E-state index in [2.05, 4.69) is 0 Å². The molecule has 2 rings (SSSR count). The van der Waals surface area contributed by atoms with E-state index < -0.39 is 5.82 Å². The predicted molar refractivity (Wildman–Crippen MR) is 73.5 cm³/mol. The molecule has 110 valence electrons. The van der Waals surface area contributed by atoms with Crippen LogP contribution in [0.1, 0.15) is 23.2 Å². The molecule has 0 aromatic heterocycles. The van der Waals surface area contributed by atoms with Crippen LogP contribution in [0.15, 0.2) is 18.2 Å². The summed E-state index contributed by atoms with van der Waals surface area (Å²) in [4.78, 5) is 13.6. The van der Waals surface area contributed by atoms with Crippen molar-refractivity contribution < 1.29 is 18.7 Å². The van der Waals surface area contributed by atoms with Crippen molar-refractivity contribution in [3.05, 3.63) is 29.6 Å². The largest absolute Gasteiger partial charge is 0.497 e. The number of amides is 1. The van der Waals surface area contributed by atoms with Gasteiger partial charge < -0.3 is 14.4 Å².